The molecule has 0 radical (unpaired) electrons. The highest BCUT2D eigenvalue weighted by molar-refractivity contribution is 5.98. The quantitative estimate of drug-likeness (QED) is 0.466. The Hall–Kier alpha value is -2.73. The van der Waals surface area contributed by atoms with Gasteiger partial charge < -0.3 is 0 Å². The van der Waals surface area contributed by atoms with Gasteiger partial charge in [-0.3, -0.25) is 14.7 Å². The van der Waals surface area contributed by atoms with Crippen LogP contribution < -0.4 is 5.48 Å². The van der Waals surface area contributed by atoms with Gasteiger partial charge in [0.15, 0.2) is 5.82 Å². The molecule has 27 heavy (non-hydrogen) atoms. The van der Waals surface area contributed by atoms with Gasteiger partial charge in [0.2, 0.25) is 0 Å². The molecule has 1 aromatic heterocycles. The number of hydrogen-bond acceptors (Lipinski definition) is 4. The average Bonchev–Trinajstić information content (AvgIpc) is 2.89. The van der Waals surface area contributed by atoms with Crippen molar-refractivity contribution < 1.29 is 10.0 Å². The molecule has 3 rings (SSSR count). The number of hydrogen-bond donors (Lipinski definition) is 2. The molecule has 0 bridgehead atoms. The fourth-order valence-electron chi connectivity index (χ4n) is 3.50. The lowest BCUT2D eigenvalue weighted by Crippen LogP contribution is -2.18. The highest BCUT2D eigenvalue weighted by Gasteiger charge is 2.16. The fourth-order valence-corrected chi connectivity index (χ4v) is 3.50. The molecule has 6 heteroatoms. The Bertz CT molecular complexity index is 821. The molecule has 0 atom stereocenters. The number of allylic oxidation sites excluding steroid dienone is 8. The van der Waals surface area contributed by atoms with Gasteiger partial charge in [0.25, 0.3) is 5.91 Å². The lowest BCUT2D eigenvalue weighted by atomic mass is 9.87. The van der Waals surface area contributed by atoms with E-state index in [1.165, 1.54) is 43.0 Å². The smallest absolute Gasteiger partial charge is 0.280 e. The number of carbonyl (C=O) groups excluding carboxylic acids is 1. The van der Waals surface area contributed by atoms with Gasteiger partial charge in [-0.1, -0.05) is 55.7 Å². The number of aryl methyl sites for hydroxylation is 1. The van der Waals surface area contributed by atoms with E-state index < -0.39 is 5.91 Å². The summed E-state index contributed by atoms with van der Waals surface area (Å²) in [6.07, 6.45) is 23.1. The van der Waals surface area contributed by atoms with Crippen molar-refractivity contribution >= 4 is 17.9 Å². The molecule has 2 N–H and O–H groups in total. The second kappa shape index (κ2) is 9.28. The summed E-state index contributed by atoms with van der Waals surface area (Å²) in [5.74, 6) is 0.343. The number of hydroxylamine groups is 1. The van der Waals surface area contributed by atoms with Gasteiger partial charge in [-0.15, -0.1) is 0 Å². The Balaban J connectivity index is 1.93. The number of nitrogens with one attached hydrogen (secondary N) is 1. The summed E-state index contributed by atoms with van der Waals surface area (Å²) >= 11 is 0. The number of amides is 1. The van der Waals surface area contributed by atoms with Crippen LogP contribution in [0.4, 0.5) is 5.82 Å². The number of rotatable bonds is 5. The second-order valence-electron chi connectivity index (χ2n) is 6.91. The van der Waals surface area contributed by atoms with E-state index in [1.807, 2.05) is 12.2 Å². The van der Waals surface area contributed by atoms with Crippen LogP contribution in [-0.2, 0) is 7.05 Å². The number of aliphatic imine (C=N–C) groups is 1. The van der Waals surface area contributed by atoms with Crippen molar-refractivity contribution in [3.8, 4) is 0 Å². The summed E-state index contributed by atoms with van der Waals surface area (Å²) in [7, 11) is 1.72. The van der Waals surface area contributed by atoms with Crippen LogP contribution in [-0.4, -0.2) is 27.1 Å². The second-order valence-corrected chi connectivity index (χ2v) is 6.91. The number of nitrogens with zero attached hydrogens (tertiary/aromatic N) is 3. The van der Waals surface area contributed by atoms with Crippen LogP contribution in [0, 0.1) is 5.92 Å². The van der Waals surface area contributed by atoms with Crippen LogP contribution in [0.5, 0.6) is 0 Å². The predicted octanol–water partition coefficient (Wildman–Crippen LogP) is 4.19. The van der Waals surface area contributed by atoms with Crippen LogP contribution in [0.1, 0.15) is 48.9 Å². The first-order valence-electron chi connectivity index (χ1n) is 9.45. The first-order chi connectivity index (χ1) is 13.2. The van der Waals surface area contributed by atoms with E-state index in [9.17, 15) is 4.79 Å². The van der Waals surface area contributed by atoms with Gasteiger partial charge in [-0.25, -0.2) is 10.5 Å². The molecule has 0 spiro atoms. The minimum atomic E-state index is -0.620. The summed E-state index contributed by atoms with van der Waals surface area (Å²) in [5.41, 5.74) is 4.07. The normalized spacial score (nSPS) is 18.6. The Labute approximate surface area is 159 Å². The van der Waals surface area contributed by atoms with Crippen molar-refractivity contribution in [1.29, 1.82) is 0 Å². The maximum atomic E-state index is 11.8. The lowest BCUT2D eigenvalue weighted by molar-refractivity contribution is 0.0707. The topological polar surface area (TPSA) is 79.5 Å². The molecule has 1 fully saturated rings. The van der Waals surface area contributed by atoms with Gasteiger partial charge in [0.05, 0.1) is 6.20 Å². The predicted molar refractivity (Wildman–Crippen MR) is 106 cm³/mol. The van der Waals surface area contributed by atoms with E-state index in [1.54, 1.807) is 18.7 Å². The van der Waals surface area contributed by atoms with Gasteiger partial charge in [0, 0.05) is 13.3 Å². The Kier molecular flexibility index (Phi) is 6.54. The molecule has 0 saturated heterocycles. The van der Waals surface area contributed by atoms with E-state index in [-0.39, 0.29) is 5.56 Å². The van der Waals surface area contributed by atoms with E-state index in [0.717, 1.165) is 17.6 Å². The maximum absolute atomic E-state index is 11.8. The van der Waals surface area contributed by atoms with Crippen LogP contribution in [0.3, 0.4) is 0 Å². The molecule has 0 aromatic carbocycles. The first kappa shape index (κ1) is 19.0. The molecule has 1 heterocycles. The first-order valence-corrected chi connectivity index (χ1v) is 9.45. The highest BCUT2D eigenvalue weighted by atomic mass is 16.5. The van der Waals surface area contributed by atoms with E-state index in [0.29, 0.717) is 11.7 Å². The third-order valence-electron chi connectivity index (χ3n) is 4.97. The van der Waals surface area contributed by atoms with Crippen molar-refractivity contribution in [2.45, 2.75) is 38.5 Å². The minimum absolute atomic E-state index is 0.236. The molecule has 0 unspecified atom stereocenters. The third kappa shape index (κ3) is 4.92. The molecule has 2 aliphatic carbocycles. The monoisotopic (exact) mass is 366 g/mol. The summed E-state index contributed by atoms with van der Waals surface area (Å²) in [6, 6.07) is 0. The maximum Gasteiger partial charge on any atom is 0.280 e. The Morgan fingerprint density at radius 2 is 2.15 bits per heavy atom. The third-order valence-corrected chi connectivity index (χ3v) is 4.97. The lowest BCUT2D eigenvalue weighted by Gasteiger charge is -2.19. The van der Waals surface area contributed by atoms with Crippen LogP contribution in [0.15, 0.2) is 58.8 Å². The molecule has 142 valence electrons. The Morgan fingerprint density at radius 1 is 1.33 bits per heavy atom. The van der Waals surface area contributed by atoms with E-state index >= 15 is 0 Å². The average molecular weight is 366 g/mol. The van der Waals surface area contributed by atoms with Crippen molar-refractivity contribution in [2.24, 2.45) is 18.0 Å². The molecule has 1 saturated carbocycles. The molecule has 6 nitrogen and oxygen atoms in total. The molecule has 2 aliphatic rings. The van der Waals surface area contributed by atoms with Crippen molar-refractivity contribution in [2.75, 3.05) is 0 Å². The van der Waals surface area contributed by atoms with Crippen molar-refractivity contribution in [3.63, 3.8) is 0 Å². The standard InChI is InChI=1S/C21H26N4O2/c1-25-20(19(15-23-25)21(26)24-27)22-14-18(13-16-9-5-4-6-10-16)17-11-7-2-3-8-12-17/h2-3,7,11-16,27H,4-6,8-10H2,1H3,(H,24,26)/b18-13-,22-14?. The van der Waals surface area contributed by atoms with Gasteiger partial charge in [0.1, 0.15) is 5.56 Å². The van der Waals surface area contributed by atoms with Crippen molar-refractivity contribution in [3.05, 3.63) is 59.4 Å². The van der Waals surface area contributed by atoms with Crippen molar-refractivity contribution in [1.82, 2.24) is 15.3 Å². The minimum Gasteiger partial charge on any atom is -0.288 e. The summed E-state index contributed by atoms with van der Waals surface area (Å²) < 4.78 is 1.53. The SMILES string of the molecule is Cn1ncc(C(=O)NO)c1N=C/C(=C/C1CCCCC1)C1=CCC=CC=C1. The molecule has 0 aliphatic heterocycles. The molecule has 1 aromatic rings. The zero-order valence-corrected chi connectivity index (χ0v) is 15.6. The van der Waals surface area contributed by atoms with Gasteiger partial charge >= 0.3 is 0 Å². The van der Waals surface area contributed by atoms with E-state index in [4.69, 9.17) is 5.21 Å². The molecular weight excluding hydrogens is 340 g/mol. The van der Waals surface area contributed by atoms with Gasteiger partial charge in [-0.2, -0.15) is 5.10 Å². The summed E-state index contributed by atoms with van der Waals surface area (Å²) in [4.78, 5) is 16.4. The van der Waals surface area contributed by atoms with Crippen LogP contribution in [0.25, 0.3) is 0 Å². The number of aromatic nitrogens is 2. The highest BCUT2D eigenvalue weighted by Crippen LogP contribution is 2.28. The van der Waals surface area contributed by atoms with Gasteiger partial charge in [-0.05, 0) is 36.3 Å². The fraction of sp³-hybridized carbons (Fsp3) is 0.381. The molecule has 1 amide bonds. The van der Waals surface area contributed by atoms with E-state index in [2.05, 4.69) is 34.4 Å². The summed E-state index contributed by atoms with van der Waals surface area (Å²) in [5, 5.41) is 13.0. The van der Waals surface area contributed by atoms with Crippen LogP contribution >= 0.6 is 0 Å². The largest absolute Gasteiger partial charge is 0.288 e. The summed E-state index contributed by atoms with van der Waals surface area (Å²) in [6.45, 7) is 0. The zero-order chi connectivity index (χ0) is 19.1. The van der Waals surface area contributed by atoms with Crippen LogP contribution in [0.2, 0.25) is 0 Å². The number of carbonyl (C=O) groups is 1. The Morgan fingerprint density at radius 3 is 2.93 bits per heavy atom. The zero-order valence-electron chi connectivity index (χ0n) is 15.6. The molecular formula is C21H26N4O2.